The zero-order chi connectivity index (χ0) is 15.2. The molecule has 21 heavy (non-hydrogen) atoms. The first-order chi connectivity index (χ1) is 10.2. The largest absolute Gasteiger partial charge is 0.495 e. The minimum atomic E-state index is -0.275. The molecule has 2 aromatic rings. The van der Waals surface area contributed by atoms with Crippen LogP contribution in [0.5, 0.6) is 5.75 Å². The molecule has 2 N–H and O–H groups in total. The van der Waals surface area contributed by atoms with Gasteiger partial charge in [0.25, 0.3) is 0 Å². The van der Waals surface area contributed by atoms with E-state index in [1.54, 1.807) is 19.2 Å². The van der Waals surface area contributed by atoms with Crippen LogP contribution < -0.4 is 15.4 Å². The number of hydrogen-bond acceptors (Lipinski definition) is 2. The Labute approximate surface area is 125 Å². The lowest BCUT2D eigenvalue weighted by Crippen LogP contribution is -2.21. The van der Waals surface area contributed by atoms with Crippen LogP contribution in [0, 0.1) is 6.92 Å². The zero-order valence-electron chi connectivity index (χ0n) is 12.6. The molecule has 0 fully saturated rings. The lowest BCUT2D eigenvalue weighted by Gasteiger charge is -2.14. The molecule has 2 rings (SSSR count). The highest BCUT2D eigenvalue weighted by molar-refractivity contribution is 6.01. The fourth-order valence-corrected chi connectivity index (χ4v) is 2.22. The van der Waals surface area contributed by atoms with Crippen LogP contribution in [0.15, 0.2) is 42.5 Å². The number of nitrogens with one attached hydrogen (secondary N) is 2. The molecule has 0 bridgehead atoms. The van der Waals surface area contributed by atoms with E-state index in [-0.39, 0.29) is 6.03 Å². The van der Waals surface area contributed by atoms with Crippen LogP contribution in [0.3, 0.4) is 0 Å². The van der Waals surface area contributed by atoms with Crippen molar-refractivity contribution in [2.75, 3.05) is 17.7 Å². The third-order valence-electron chi connectivity index (χ3n) is 3.33. The van der Waals surface area contributed by atoms with Crippen LogP contribution in [-0.2, 0) is 6.42 Å². The Morgan fingerprint density at radius 2 is 1.86 bits per heavy atom. The summed E-state index contributed by atoms with van der Waals surface area (Å²) < 4.78 is 5.22. The summed E-state index contributed by atoms with van der Waals surface area (Å²) in [5.41, 5.74) is 3.67. The van der Waals surface area contributed by atoms with Crippen LogP contribution in [0.25, 0.3) is 0 Å². The molecule has 0 unspecified atom stereocenters. The van der Waals surface area contributed by atoms with Crippen LogP contribution in [0.2, 0.25) is 0 Å². The van der Waals surface area contributed by atoms with Crippen LogP contribution in [0.4, 0.5) is 16.2 Å². The first-order valence-corrected chi connectivity index (χ1v) is 6.95. The molecule has 2 amide bonds. The number of anilines is 2. The summed E-state index contributed by atoms with van der Waals surface area (Å²) in [7, 11) is 1.58. The molecular weight excluding hydrogens is 264 g/mol. The second kappa shape index (κ2) is 6.79. The number of aryl methyl sites for hydroxylation is 2. The predicted molar refractivity (Wildman–Crippen MR) is 86.2 cm³/mol. The average Bonchev–Trinajstić information content (AvgIpc) is 2.49. The van der Waals surface area contributed by atoms with Crippen molar-refractivity contribution in [2.24, 2.45) is 0 Å². The lowest BCUT2D eigenvalue weighted by atomic mass is 10.1. The number of carbonyl (C=O) groups is 1. The number of para-hydroxylation sites is 3. The van der Waals surface area contributed by atoms with E-state index in [1.165, 1.54) is 0 Å². The van der Waals surface area contributed by atoms with Gasteiger partial charge in [-0.05, 0) is 36.6 Å². The van der Waals surface area contributed by atoms with Crippen LogP contribution in [0.1, 0.15) is 18.1 Å². The van der Waals surface area contributed by atoms with E-state index in [4.69, 9.17) is 4.74 Å². The maximum Gasteiger partial charge on any atom is 0.323 e. The van der Waals surface area contributed by atoms with Crippen molar-refractivity contribution in [3.05, 3.63) is 53.6 Å². The normalized spacial score (nSPS) is 10.0. The predicted octanol–water partition coefficient (Wildman–Crippen LogP) is 4.21. The van der Waals surface area contributed by atoms with Gasteiger partial charge in [-0.1, -0.05) is 37.3 Å². The number of amides is 2. The number of carbonyl (C=O) groups excluding carboxylic acids is 1. The highest BCUT2D eigenvalue weighted by Gasteiger charge is 2.10. The number of methoxy groups -OCH3 is 1. The first kappa shape index (κ1) is 14.9. The van der Waals surface area contributed by atoms with Crippen LogP contribution >= 0.6 is 0 Å². The van der Waals surface area contributed by atoms with Gasteiger partial charge in [-0.3, -0.25) is 0 Å². The molecule has 0 atom stereocenters. The van der Waals surface area contributed by atoms with Crippen molar-refractivity contribution < 1.29 is 9.53 Å². The van der Waals surface area contributed by atoms with Gasteiger partial charge in [-0.25, -0.2) is 4.79 Å². The monoisotopic (exact) mass is 284 g/mol. The molecule has 110 valence electrons. The molecule has 0 aliphatic carbocycles. The standard InChI is InChI=1S/C17H20N2O2/c1-4-13-9-7-8-12(2)16(13)19-17(20)18-14-10-5-6-11-15(14)21-3/h5-11H,4H2,1-3H3,(H2,18,19,20). The van der Waals surface area contributed by atoms with E-state index >= 15 is 0 Å². The molecule has 0 radical (unpaired) electrons. The Kier molecular flexibility index (Phi) is 4.82. The van der Waals surface area contributed by atoms with Gasteiger partial charge in [0.2, 0.25) is 0 Å². The molecule has 0 spiro atoms. The van der Waals surface area contributed by atoms with Gasteiger partial charge in [0.1, 0.15) is 5.75 Å². The van der Waals surface area contributed by atoms with Gasteiger partial charge in [-0.2, -0.15) is 0 Å². The first-order valence-electron chi connectivity index (χ1n) is 6.95. The molecule has 0 saturated heterocycles. The second-order valence-corrected chi connectivity index (χ2v) is 4.74. The SMILES string of the molecule is CCc1cccc(C)c1NC(=O)Nc1ccccc1OC. The van der Waals surface area contributed by atoms with Gasteiger partial charge in [0.15, 0.2) is 0 Å². The highest BCUT2D eigenvalue weighted by Crippen LogP contribution is 2.24. The quantitative estimate of drug-likeness (QED) is 0.883. The van der Waals surface area contributed by atoms with E-state index in [9.17, 15) is 4.79 Å². The fourth-order valence-electron chi connectivity index (χ4n) is 2.22. The molecule has 0 aliphatic heterocycles. The summed E-state index contributed by atoms with van der Waals surface area (Å²) in [4.78, 5) is 12.2. The molecule has 2 aromatic carbocycles. The van der Waals surface area contributed by atoms with E-state index in [0.29, 0.717) is 11.4 Å². The molecule has 4 heteroatoms. The lowest BCUT2D eigenvalue weighted by molar-refractivity contribution is 0.262. The minimum Gasteiger partial charge on any atom is -0.495 e. The fraction of sp³-hybridized carbons (Fsp3) is 0.235. The minimum absolute atomic E-state index is 0.275. The molecule has 0 aliphatic rings. The van der Waals surface area contributed by atoms with Gasteiger partial charge >= 0.3 is 6.03 Å². The summed E-state index contributed by atoms with van der Waals surface area (Å²) >= 11 is 0. The summed E-state index contributed by atoms with van der Waals surface area (Å²) in [6.07, 6.45) is 0.867. The van der Waals surface area contributed by atoms with Crippen molar-refractivity contribution >= 4 is 17.4 Å². The Morgan fingerprint density at radius 1 is 1.10 bits per heavy atom. The van der Waals surface area contributed by atoms with E-state index in [2.05, 4.69) is 17.6 Å². The molecular formula is C17H20N2O2. The number of benzene rings is 2. The number of rotatable bonds is 4. The topological polar surface area (TPSA) is 50.4 Å². The maximum atomic E-state index is 12.2. The maximum absolute atomic E-state index is 12.2. The number of urea groups is 1. The van der Waals surface area contributed by atoms with E-state index in [1.807, 2.05) is 37.3 Å². The summed E-state index contributed by atoms with van der Waals surface area (Å²) in [5, 5.41) is 5.74. The summed E-state index contributed by atoms with van der Waals surface area (Å²) in [5.74, 6) is 0.633. The van der Waals surface area contributed by atoms with Gasteiger partial charge in [0.05, 0.1) is 12.8 Å². The van der Waals surface area contributed by atoms with Crippen molar-refractivity contribution in [1.29, 1.82) is 0 Å². The van der Waals surface area contributed by atoms with Crippen molar-refractivity contribution in [2.45, 2.75) is 20.3 Å². The molecule has 4 nitrogen and oxygen atoms in total. The van der Waals surface area contributed by atoms with Crippen LogP contribution in [-0.4, -0.2) is 13.1 Å². The van der Waals surface area contributed by atoms with Crippen molar-refractivity contribution in [3.63, 3.8) is 0 Å². The molecule has 0 saturated carbocycles. The van der Waals surface area contributed by atoms with Crippen molar-refractivity contribution in [1.82, 2.24) is 0 Å². The van der Waals surface area contributed by atoms with E-state index < -0.39 is 0 Å². The molecule has 0 heterocycles. The molecule has 0 aromatic heterocycles. The number of hydrogen-bond donors (Lipinski definition) is 2. The number of ether oxygens (including phenoxy) is 1. The van der Waals surface area contributed by atoms with E-state index in [0.717, 1.165) is 23.2 Å². The average molecular weight is 284 g/mol. The Bertz CT molecular complexity index is 638. The van der Waals surface area contributed by atoms with Gasteiger partial charge in [-0.15, -0.1) is 0 Å². The third kappa shape index (κ3) is 3.54. The van der Waals surface area contributed by atoms with Gasteiger partial charge in [0, 0.05) is 5.69 Å². The summed E-state index contributed by atoms with van der Waals surface area (Å²) in [6, 6.07) is 13.0. The highest BCUT2D eigenvalue weighted by atomic mass is 16.5. The van der Waals surface area contributed by atoms with Gasteiger partial charge < -0.3 is 15.4 Å². The smallest absolute Gasteiger partial charge is 0.323 e. The third-order valence-corrected chi connectivity index (χ3v) is 3.33. The summed E-state index contributed by atoms with van der Waals surface area (Å²) in [6.45, 7) is 4.05. The Morgan fingerprint density at radius 3 is 2.57 bits per heavy atom. The second-order valence-electron chi connectivity index (χ2n) is 4.74. The zero-order valence-corrected chi connectivity index (χ0v) is 12.6. The van der Waals surface area contributed by atoms with Crippen molar-refractivity contribution in [3.8, 4) is 5.75 Å². The Balaban J connectivity index is 2.16. The Hall–Kier alpha value is -2.49.